The van der Waals surface area contributed by atoms with Gasteiger partial charge < -0.3 is 15.1 Å². The molecule has 0 radical (unpaired) electrons. The molecule has 0 aromatic carbocycles. The highest BCUT2D eigenvalue weighted by Crippen LogP contribution is 2.20. The molecular weight excluding hydrogens is 187 g/mol. The number of nitrogens with zero attached hydrogens (tertiary/aromatic N) is 2. The molecule has 0 saturated carbocycles. The lowest BCUT2D eigenvalue weighted by molar-refractivity contribution is 0.0572. The average Bonchev–Trinajstić information content (AvgIpc) is 2.47. The van der Waals surface area contributed by atoms with Gasteiger partial charge >= 0.3 is 0 Å². The van der Waals surface area contributed by atoms with Crippen molar-refractivity contribution in [1.29, 1.82) is 0 Å². The highest BCUT2D eigenvalue weighted by Gasteiger charge is 2.29. The van der Waals surface area contributed by atoms with E-state index in [0.29, 0.717) is 18.8 Å². The first-order chi connectivity index (χ1) is 6.66. The van der Waals surface area contributed by atoms with Crippen molar-refractivity contribution in [2.24, 2.45) is 0 Å². The van der Waals surface area contributed by atoms with Crippen molar-refractivity contribution >= 4 is 5.69 Å². The first kappa shape index (κ1) is 9.36. The SMILES string of the molecule is OC1CN(c2ccnc(F)c2)CC1O. The monoisotopic (exact) mass is 198 g/mol. The summed E-state index contributed by atoms with van der Waals surface area (Å²) in [6.45, 7) is 0.648. The van der Waals surface area contributed by atoms with E-state index in [1.807, 2.05) is 0 Å². The molecule has 1 aromatic heterocycles. The molecule has 1 aromatic rings. The summed E-state index contributed by atoms with van der Waals surface area (Å²) in [6, 6.07) is 2.93. The number of aromatic nitrogens is 1. The summed E-state index contributed by atoms with van der Waals surface area (Å²) in [4.78, 5) is 5.15. The molecule has 1 aliphatic rings. The molecule has 2 atom stereocenters. The van der Waals surface area contributed by atoms with Crippen LogP contribution in [-0.2, 0) is 0 Å². The average molecular weight is 198 g/mol. The number of hydrogen-bond donors (Lipinski definition) is 2. The van der Waals surface area contributed by atoms with Crippen molar-refractivity contribution in [1.82, 2.24) is 4.98 Å². The predicted molar refractivity (Wildman–Crippen MR) is 48.4 cm³/mol. The Bertz CT molecular complexity index is 324. The van der Waals surface area contributed by atoms with Crippen LogP contribution in [0, 0.1) is 5.95 Å². The van der Waals surface area contributed by atoms with Crippen LogP contribution in [0.5, 0.6) is 0 Å². The van der Waals surface area contributed by atoms with Gasteiger partial charge in [0.05, 0.1) is 12.2 Å². The normalized spacial score (nSPS) is 26.9. The molecule has 2 N–H and O–H groups in total. The Morgan fingerprint density at radius 2 is 2.00 bits per heavy atom. The number of β-amino-alcohol motifs (C(OH)–C–C–N with tert-alkyl or cyclic N) is 2. The summed E-state index contributed by atoms with van der Waals surface area (Å²) in [5.74, 6) is -0.557. The summed E-state index contributed by atoms with van der Waals surface area (Å²) >= 11 is 0. The third-order valence-corrected chi connectivity index (χ3v) is 2.33. The van der Waals surface area contributed by atoms with Gasteiger partial charge in [0.25, 0.3) is 0 Å². The van der Waals surface area contributed by atoms with Crippen molar-refractivity contribution in [3.63, 3.8) is 0 Å². The Hall–Kier alpha value is -1.20. The van der Waals surface area contributed by atoms with E-state index in [0.717, 1.165) is 0 Å². The molecule has 0 aliphatic carbocycles. The van der Waals surface area contributed by atoms with Gasteiger partial charge in [0.2, 0.25) is 5.95 Å². The van der Waals surface area contributed by atoms with Gasteiger partial charge in [0.15, 0.2) is 0 Å². The third-order valence-electron chi connectivity index (χ3n) is 2.33. The molecule has 1 saturated heterocycles. The molecule has 2 heterocycles. The Balaban J connectivity index is 2.17. The maximum absolute atomic E-state index is 12.8. The first-order valence-corrected chi connectivity index (χ1v) is 4.39. The molecule has 76 valence electrons. The van der Waals surface area contributed by atoms with Crippen LogP contribution >= 0.6 is 0 Å². The van der Waals surface area contributed by atoms with Crippen LogP contribution in [0.1, 0.15) is 0 Å². The van der Waals surface area contributed by atoms with Crippen molar-refractivity contribution < 1.29 is 14.6 Å². The number of hydrogen-bond acceptors (Lipinski definition) is 4. The predicted octanol–water partition coefficient (Wildman–Crippen LogP) is -0.237. The van der Waals surface area contributed by atoms with E-state index in [2.05, 4.69) is 4.98 Å². The first-order valence-electron chi connectivity index (χ1n) is 4.39. The summed E-state index contributed by atoms with van der Waals surface area (Å²) in [5.41, 5.74) is 0.633. The van der Waals surface area contributed by atoms with Gasteiger partial charge in [-0.15, -0.1) is 0 Å². The van der Waals surface area contributed by atoms with Crippen LogP contribution in [0.15, 0.2) is 18.3 Å². The van der Waals surface area contributed by atoms with Gasteiger partial charge in [-0.2, -0.15) is 4.39 Å². The van der Waals surface area contributed by atoms with E-state index >= 15 is 0 Å². The van der Waals surface area contributed by atoms with Crippen molar-refractivity contribution in [2.45, 2.75) is 12.2 Å². The summed E-state index contributed by atoms with van der Waals surface area (Å²) in [7, 11) is 0. The molecular formula is C9H11FN2O2. The zero-order valence-corrected chi connectivity index (χ0v) is 7.47. The maximum atomic E-state index is 12.8. The van der Waals surface area contributed by atoms with Crippen LogP contribution in [0.4, 0.5) is 10.1 Å². The molecule has 2 unspecified atom stereocenters. The number of aliphatic hydroxyl groups is 2. The Labute approximate surface area is 80.6 Å². The zero-order valence-electron chi connectivity index (χ0n) is 7.47. The summed E-state index contributed by atoms with van der Waals surface area (Å²) < 4.78 is 12.8. The van der Waals surface area contributed by atoms with Crippen molar-refractivity contribution in [3.05, 3.63) is 24.3 Å². The van der Waals surface area contributed by atoms with Crippen molar-refractivity contribution in [3.8, 4) is 0 Å². The van der Waals surface area contributed by atoms with Gasteiger partial charge in [0, 0.05) is 31.0 Å². The molecule has 0 bridgehead atoms. The molecule has 14 heavy (non-hydrogen) atoms. The van der Waals surface area contributed by atoms with Gasteiger partial charge in [0.1, 0.15) is 0 Å². The van der Waals surface area contributed by atoms with E-state index in [-0.39, 0.29) is 0 Å². The largest absolute Gasteiger partial charge is 0.389 e. The number of anilines is 1. The van der Waals surface area contributed by atoms with Crippen LogP contribution < -0.4 is 4.90 Å². The van der Waals surface area contributed by atoms with Crippen LogP contribution in [-0.4, -0.2) is 40.5 Å². The number of halogens is 1. The lowest BCUT2D eigenvalue weighted by Gasteiger charge is -2.16. The molecule has 0 amide bonds. The smallest absolute Gasteiger partial charge is 0.214 e. The second-order valence-corrected chi connectivity index (χ2v) is 3.38. The van der Waals surface area contributed by atoms with Gasteiger partial charge in [-0.05, 0) is 6.07 Å². The maximum Gasteiger partial charge on any atom is 0.214 e. The van der Waals surface area contributed by atoms with E-state index in [4.69, 9.17) is 0 Å². The number of aliphatic hydroxyl groups excluding tert-OH is 2. The Morgan fingerprint density at radius 1 is 1.36 bits per heavy atom. The lowest BCUT2D eigenvalue weighted by atomic mass is 10.3. The third kappa shape index (κ3) is 1.69. The molecule has 0 spiro atoms. The molecule has 4 nitrogen and oxygen atoms in total. The van der Waals surface area contributed by atoms with E-state index < -0.39 is 18.2 Å². The molecule has 1 fully saturated rings. The summed E-state index contributed by atoms with van der Waals surface area (Å²) in [6.07, 6.45) is -0.153. The molecule has 1 aliphatic heterocycles. The number of pyridine rings is 1. The minimum absolute atomic E-state index is 0.324. The standard InChI is InChI=1S/C9H11FN2O2/c10-9-3-6(1-2-11-9)12-4-7(13)8(14)5-12/h1-3,7-8,13-14H,4-5H2. The van der Waals surface area contributed by atoms with Crippen molar-refractivity contribution in [2.75, 3.05) is 18.0 Å². The van der Waals surface area contributed by atoms with Gasteiger partial charge in [-0.1, -0.05) is 0 Å². The fourth-order valence-electron chi connectivity index (χ4n) is 1.57. The summed E-state index contributed by atoms with van der Waals surface area (Å²) in [5, 5.41) is 18.6. The Kier molecular flexibility index (Phi) is 2.35. The highest BCUT2D eigenvalue weighted by molar-refractivity contribution is 5.46. The van der Waals surface area contributed by atoms with E-state index in [1.54, 1.807) is 11.0 Å². The van der Waals surface area contributed by atoms with Crippen LogP contribution in [0.25, 0.3) is 0 Å². The van der Waals surface area contributed by atoms with E-state index in [1.165, 1.54) is 12.3 Å². The quantitative estimate of drug-likeness (QED) is 0.612. The minimum Gasteiger partial charge on any atom is -0.389 e. The van der Waals surface area contributed by atoms with Crippen LogP contribution in [0.2, 0.25) is 0 Å². The topological polar surface area (TPSA) is 56.6 Å². The second kappa shape index (κ2) is 3.51. The zero-order chi connectivity index (χ0) is 10.1. The number of rotatable bonds is 1. The van der Waals surface area contributed by atoms with E-state index in [9.17, 15) is 14.6 Å². The van der Waals surface area contributed by atoms with Gasteiger partial charge in [-0.3, -0.25) is 0 Å². The second-order valence-electron chi connectivity index (χ2n) is 3.38. The van der Waals surface area contributed by atoms with Crippen LogP contribution in [0.3, 0.4) is 0 Å². The fourth-order valence-corrected chi connectivity index (χ4v) is 1.57. The fraction of sp³-hybridized carbons (Fsp3) is 0.444. The molecule has 2 rings (SSSR count). The highest BCUT2D eigenvalue weighted by atomic mass is 19.1. The minimum atomic E-state index is -0.758. The lowest BCUT2D eigenvalue weighted by Crippen LogP contribution is -2.22. The van der Waals surface area contributed by atoms with Gasteiger partial charge in [-0.25, -0.2) is 4.98 Å². The molecule has 5 heteroatoms. The Morgan fingerprint density at radius 3 is 2.57 bits per heavy atom.